The SMILES string of the molecule is O=C(c1ccccc1Nc1ccccc1)N1CCN(S(=O)(=O)c2ccccc2F)CC1. The number of carbonyl (C=O) groups excluding carboxylic acids is 1. The van der Waals surface area contributed by atoms with E-state index in [1.165, 1.54) is 22.5 Å². The molecule has 31 heavy (non-hydrogen) atoms. The summed E-state index contributed by atoms with van der Waals surface area (Å²) in [4.78, 5) is 14.4. The molecule has 0 aliphatic carbocycles. The van der Waals surface area contributed by atoms with Crippen LogP contribution in [0.3, 0.4) is 0 Å². The van der Waals surface area contributed by atoms with Gasteiger partial charge in [-0.3, -0.25) is 4.79 Å². The number of halogens is 1. The zero-order valence-corrected chi connectivity index (χ0v) is 17.6. The minimum atomic E-state index is -3.95. The van der Waals surface area contributed by atoms with Crippen LogP contribution in [0.15, 0.2) is 83.8 Å². The fourth-order valence-electron chi connectivity index (χ4n) is 3.55. The Balaban J connectivity index is 1.48. The fourth-order valence-corrected chi connectivity index (χ4v) is 5.04. The van der Waals surface area contributed by atoms with Crippen LogP contribution in [0, 0.1) is 5.82 Å². The zero-order valence-electron chi connectivity index (χ0n) is 16.7. The maximum atomic E-state index is 14.0. The Labute approximate surface area is 181 Å². The van der Waals surface area contributed by atoms with Crippen molar-refractivity contribution < 1.29 is 17.6 Å². The van der Waals surface area contributed by atoms with Crippen molar-refractivity contribution in [2.24, 2.45) is 0 Å². The standard InChI is InChI=1S/C23H22FN3O3S/c24-20-11-5-7-13-22(20)31(29,30)27-16-14-26(15-17-27)23(28)19-10-4-6-12-21(19)25-18-8-2-1-3-9-18/h1-13,25H,14-17H2. The average Bonchev–Trinajstić information content (AvgIpc) is 2.80. The number of anilines is 2. The second kappa shape index (κ2) is 8.87. The number of benzene rings is 3. The molecule has 1 N–H and O–H groups in total. The second-order valence-electron chi connectivity index (χ2n) is 7.16. The van der Waals surface area contributed by atoms with E-state index in [4.69, 9.17) is 0 Å². The van der Waals surface area contributed by atoms with Crippen LogP contribution in [0.2, 0.25) is 0 Å². The first-order valence-electron chi connectivity index (χ1n) is 9.92. The Morgan fingerprint density at radius 3 is 2.13 bits per heavy atom. The van der Waals surface area contributed by atoms with Crippen LogP contribution < -0.4 is 5.32 Å². The lowest BCUT2D eigenvalue weighted by molar-refractivity contribution is 0.0698. The Morgan fingerprint density at radius 2 is 1.42 bits per heavy atom. The summed E-state index contributed by atoms with van der Waals surface area (Å²) in [5.41, 5.74) is 2.06. The number of nitrogens with one attached hydrogen (secondary N) is 1. The molecule has 3 aromatic rings. The summed E-state index contributed by atoms with van der Waals surface area (Å²) in [6, 6.07) is 22.1. The normalized spacial score (nSPS) is 14.9. The molecule has 0 radical (unpaired) electrons. The minimum absolute atomic E-state index is 0.108. The van der Waals surface area contributed by atoms with Crippen molar-refractivity contribution in [1.29, 1.82) is 0 Å². The average molecular weight is 440 g/mol. The van der Waals surface area contributed by atoms with Crippen molar-refractivity contribution in [2.75, 3.05) is 31.5 Å². The molecule has 1 fully saturated rings. The number of amides is 1. The topological polar surface area (TPSA) is 69.7 Å². The highest BCUT2D eigenvalue weighted by atomic mass is 32.2. The zero-order chi connectivity index (χ0) is 21.8. The predicted octanol–water partition coefficient (Wildman–Crippen LogP) is 3.72. The van der Waals surface area contributed by atoms with Crippen molar-refractivity contribution in [3.8, 4) is 0 Å². The molecule has 0 unspecified atom stereocenters. The number of hydrogen-bond donors (Lipinski definition) is 1. The molecule has 160 valence electrons. The van der Waals surface area contributed by atoms with E-state index in [0.29, 0.717) is 11.3 Å². The van der Waals surface area contributed by atoms with Gasteiger partial charge in [0.25, 0.3) is 5.91 Å². The lowest BCUT2D eigenvalue weighted by Gasteiger charge is -2.34. The van der Waals surface area contributed by atoms with E-state index in [1.54, 1.807) is 17.0 Å². The highest BCUT2D eigenvalue weighted by Gasteiger charge is 2.32. The van der Waals surface area contributed by atoms with Crippen LogP contribution >= 0.6 is 0 Å². The lowest BCUT2D eigenvalue weighted by Crippen LogP contribution is -2.50. The molecule has 0 spiro atoms. The van der Waals surface area contributed by atoms with E-state index in [2.05, 4.69) is 5.32 Å². The third-order valence-corrected chi connectivity index (χ3v) is 7.12. The number of hydrogen-bond acceptors (Lipinski definition) is 4. The lowest BCUT2D eigenvalue weighted by atomic mass is 10.1. The first kappa shape index (κ1) is 21.0. The molecular formula is C23H22FN3O3S. The summed E-state index contributed by atoms with van der Waals surface area (Å²) >= 11 is 0. The van der Waals surface area contributed by atoms with Crippen molar-refractivity contribution in [1.82, 2.24) is 9.21 Å². The Bertz CT molecular complexity index is 1180. The molecule has 4 rings (SSSR count). The first-order valence-corrected chi connectivity index (χ1v) is 11.4. The third kappa shape index (κ3) is 4.45. The number of nitrogens with zero attached hydrogens (tertiary/aromatic N) is 2. The van der Waals surface area contributed by atoms with Gasteiger partial charge in [-0.2, -0.15) is 4.31 Å². The van der Waals surface area contributed by atoms with Gasteiger partial charge < -0.3 is 10.2 Å². The molecule has 1 heterocycles. The molecule has 0 aromatic heterocycles. The van der Waals surface area contributed by atoms with E-state index < -0.39 is 15.8 Å². The number of carbonyl (C=O) groups is 1. The van der Waals surface area contributed by atoms with Crippen molar-refractivity contribution in [3.05, 3.63) is 90.2 Å². The van der Waals surface area contributed by atoms with Gasteiger partial charge in [0.05, 0.1) is 11.3 Å². The van der Waals surface area contributed by atoms with Gasteiger partial charge in [-0.15, -0.1) is 0 Å². The molecule has 1 amide bonds. The fraction of sp³-hybridized carbons (Fsp3) is 0.174. The van der Waals surface area contributed by atoms with Crippen molar-refractivity contribution >= 4 is 27.3 Å². The van der Waals surface area contributed by atoms with E-state index in [0.717, 1.165) is 11.8 Å². The monoisotopic (exact) mass is 439 g/mol. The Hall–Kier alpha value is -3.23. The van der Waals surface area contributed by atoms with E-state index in [1.807, 2.05) is 42.5 Å². The summed E-state index contributed by atoms with van der Waals surface area (Å²) in [5.74, 6) is -0.955. The highest BCUT2D eigenvalue weighted by molar-refractivity contribution is 7.89. The summed E-state index contributed by atoms with van der Waals surface area (Å²) in [7, 11) is -3.95. The van der Waals surface area contributed by atoms with Crippen LogP contribution in [-0.4, -0.2) is 49.7 Å². The Morgan fingerprint density at radius 1 is 0.806 bits per heavy atom. The number of sulfonamides is 1. The van der Waals surface area contributed by atoms with Crippen molar-refractivity contribution in [2.45, 2.75) is 4.90 Å². The molecule has 3 aromatic carbocycles. The molecule has 1 saturated heterocycles. The van der Waals surface area contributed by atoms with Gasteiger partial charge in [-0.1, -0.05) is 42.5 Å². The van der Waals surface area contributed by atoms with E-state index in [-0.39, 0.29) is 37.0 Å². The van der Waals surface area contributed by atoms with Crippen molar-refractivity contribution in [3.63, 3.8) is 0 Å². The van der Waals surface area contributed by atoms with Gasteiger partial charge in [-0.25, -0.2) is 12.8 Å². The minimum Gasteiger partial charge on any atom is -0.355 e. The van der Waals surface area contributed by atoms with Crippen LogP contribution in [0.4, 0.5) is 15.8 Å². The maximum Gasteiger partial charge on any atom is 0.256 e. The van der Waals surface area contributed by atoms with E-state index >= 15 is 0 Å². The van der Waals surface area contributed by atoms with Gasteiger partial charge >= 0.3 is 0 Å². The largest absolute Gasteiger partial charge is 0.355 e. The third-order valence-electron chi connectivity index (χ3n) is 5.19. The molecule has 6 nitrogen and oxygen atoms in total. The molecule has 0 atom stereocenters. The molecule has 0 bridgehead atoms. The molecule has 0 saturated carbocycles. The van der Waals surface area contributed by atoms with Gasteiger partial charge in [0.15, 0.2) is 0 Å². The number of piperazine rings is 1. The molecule has 8 heteroatoms. The Kier molecular flexibility index (Phi) is 6.01. The predicted molar refractivity (Wildman–Crippen MR) is 117 cm³/mol. The maximum absolute atomic E-state index is 14.0. The number of para-hydroxylation sites is 2. The van der Waals surface area contributed by atoms with Crippen LogP contribution in [0.25, 0.3) is 0 Å². The van der Waals surface area contributed by atoms with Gasteiger partial charge in [-0.05, 0) is 36.4 Å². The highest BCUT2D eigenvalue weighted by Crippen LogP contribution is 2.24. The van der Waals surface area contributed by atoms with Crippen LogP contribution in [0.5, 0.6) is 0 Å². The molecular weight excluding hydrogens is 417 g/mol. The summed E-state index contributed by atoms with van der Waals surface area (Å²) < 4.78 is 40.8. The summed E-state index contributed by atoms with van der Waals surface area (Å²) in [5, 5.41) is 3.26. The van der Waals surface area contributed by atoms with Gasteiger partial charge in [0.2, 0.25) is 10.0 Å². The number of rotatable bonds is 5. The van der Waals surface area contributed by atoms with Gasteiger partial charge in [0.1, 0.15) is 10.7 Å². The van der Waals surface area contributed by atoms with E-state index in [9.17, 15) is 17.6 Å². The van der Waals surface area contributed by atoms with Crippen LogP contribution in [-0.2, 0) is 10.0 Å². The van der Waals surface area contributed by atoms with Gasteiger partial charge in [0, 0.05) is 31.9 Å². The summed E-state index contributed by atoms with van der Waals surface area (Å²) in [6.45, 7) is 0.672. The second-order valence-corrected chi connectivity index (χ2v) is 9.07. The molecule has 1 aliphatic rings. The quantitative estimate of drug-likeness (QED) is 0.658. The van der Waals surface area contributed by atoms with Crippen LogP contribution in [0.1, 0.15) is 10.4 Å². The molecule has 1 aliphatic heterocycles. The smallest absolute Gasteiger partial charge is 0.256 e. The first-order chi connectivity index (χ1) is 15.0. The summed E-state index contributed by atoms with van der Waals surface area (Å²) in [6.07, 6.45) is 0.